The molecule has 1 atom stereocenters. The number of carbonyl (C=O) groups is 1. The van der Waals surface area contributed by atoms with E-state index >= 15 is 0 Å². The standard InChI is InChI=1S/C15H13N5O/c21-15(12-9-5-2-6-10-12)16-13(14-17-19-20-18-14)11-7-3-1-4-8-11/h1-10,13H,(H,16,21)(H,17,18,19,20). The Balaban J connectivity index is 1.89. The molecule has 0 radical (unpaired) electrons. The van der Waals surface area contributed by atoms with Crippen molar-refractivity contribution in [3.05, 3.63) is 77.6 Å². The fourth-order valence-corrected chi connectivity index (χ4v) is 2.04. The summed E-state index contributed by atoms with van der Waals surface area (Å²) in [6.45, 7) is 0. The molecule has 3 aromatic rings. The van der Waals surface area contributed by atoms with Crippen molar-refractivity contribution in [3.8, 4) is 0 Å². The van der Waals surface area contributed by atoms with E-state index in [1.807, 2.05) is 48.5 Å². The Morgan fingerprint density at radius 2 is 1.67 bits per heavy atom. The molecule has 0 bridgehead atoms. The van der Waals surface area contributed by atoms with Crippen LogP contribution in [0.5, 0.6) is 0 Å². The van der Waals surface area contributed by atoms with Crippen LogP contribution in [0.2, 0.25) is 0 Å². The van der Waals surface area contributed by atoms with Gasteiger partial charge in [-0.1, -0.05) is 53.7 Å². The van der Waals surface area contributed by atoms with E-state index in [2.05, 4.69) is 25.9 Å². The molecule has 0 aliphatic carbocycles. The van der Waals surface area contributed by atoms with Crippen molar-refractivity contribution in [2.24, 2.45) is 0 Å². The Hall–Kier alpha value is -3.02. The Labute approximate surface area is 121 Å². The first-order valence-electron chi connectivity index (χ1n) is 6.49. The van der Waals surface area contributed by atoms with E-state index in [9.17, 15) is 4.79 Å². The SMILES string of the molecule is O=C(NC(c1ccccc1)c1nn[nH]n1)c1ccccc1. The summed E-state index contributed by atoms with van der Waals surface area (Å²) in [7, 11) is 0. The normalized spacial score (nSPS) is 11.8. The van der Waals surface area contributed by atoms with Crippen molar-refractivity contribution >= 4 is 5.91 Å². The van der Waals surface area contributed by atoms with Crippen molar-refractivity contribution in [3.63, 3.8) is 0 Å². The van der Waals surface area contributed by atoms with Gasteiger partial charge in [0.05, 0.1) is 0 Å². The molecular weight excluding hydrogens is 266 g/mol. The van der Waals surface area contributed by atoms with Crippen LogP contribution in [-0.4, -0.2) is 26.5 Å². The largest absolute Gasteiger partial charge is 0.338 e. The predicted molar refractivity (Wildman–Crippen MR) is 76.4 cm³/mol. The molecule has 1 aromatic heterocycles. The van der Waals surface area contributed by atoms with Crippen LogP contribution in [0.4, 0.5) is 0 Å². The monoisotopic (exact) mass is 279 g/mol. The number of nitrogens with zero attached hydrogens (tertiary/aromatic N) is 3. The van der Waals surface area contributed by atoms with E-state index in [0.717, 1.165) is 5.56 Å². The van der Waals surface area contributed by atoms with Crippen LogP contribution in [0.25, 0.3) is 0 Å². The molecule has 1 heterocycles. The quantitative estimate of drug-likeness (QED) is 0.761. The molecule has 6 heteroatoms. The van der Waals surface area contributed by atoms with Gasteiger partial charge in [0, 0.05) is 5.56 Å². The van der Waals surface area contributed by atoms with Crippen LogP contribution in [0.15, 0.2) is 60.7 Å². The van der Waals surface area contributed by atoms with Crippen LogP contribution in [-0.2, 0) is 0 Å². The minimum atomic E-state index is -0.447. The molecule has 3 rings (SSSR count). The molecule has 0 saturated carbocycles. The van der Waals surface area contributed by atoms with E-state index in [0.29, 0.717) is 11.4 Å². The zero-order valence-corrected chi connectivity index (χ0v) is 11.1. The average Bonchev–Trinajstić information content (AvgIpc) is 3.08. The van der Waals surface area contributed by atoms with Gasteiger partial charge in [0.1, 0.15) is 6.04 Å². The number of rotatable bonds is 4. The molecule has 0 aliphatic heterocycles. The van der Waals surface area contributed by atoms with Crippen LogP contribution in [0, 0.1) is 0 Å². The van der Waals surface area contributed by atoms with E-state index in [4.69, 9.17) is 0 Å². The van der Waals surface area contributed by atoms with E-state index < -0.39 is 6.04 Å². The molecule has 0 aliphatic rings. The number of H-pyrrole nitrogens is 1. The third-order valence-electron chi connectivity index (χ3n) is 3.06. The van der Waals surface area contributed by atoms with Crippen molar-refractivity contribution in [1.82, 2.24) is 25.9 Å². The van der Waals surface area contributed by atoms with Gasteiger partial charge in [-0.15, -0.1) is 10.2 Å². The van der Waals surface area contributed by atoms with Crippen LogP contribution >= 0.6 is 0 Å². The molecule has 0 fully saturated rings. The summed E-state index contributed by atoms with van der Waals surface area (Å²) in [5.41, 5.74) is 1.48. The molecule has 0 saturated heterocycles. The topological polar surface area (TPSA) is 83.6 Å². The van der Waals surface area contributed by atoms with Gasteiger partial charge in [-0.2, -0.15) is 5.21 Å². The molecule has 21 heavy (non-hydrogen) atoms. The van der Waals surface area contributed by atoms with Gasteiger partial charge in [0.2, 0.25) is 5.82 Å². The second-order valence-electron chi connectivity index (χ2n) is 4.45. The Morgan fingerprint density at radius 1 is 1.00 bits per heavy atom. The third kappa shape index (κ3) is 2.94. The Bertz CT molecular complexity index is 697. The van der Waals surface area contributed by atoms with Crippen molar-refractivity contribution in [2.75, 3.05) is 0 Å². The lowest BCUT2D eigenvalue weighted by atomic mass is 10.1. The van der Waals surface area contributed by atoms with Gasteiger partial charge in [0.25, 0.3) is 5.91 Å². The van der Waals surface area contributed by atoms with Crippen molar-refractivity contribution in [2.45, 2.75) is 6.04 Å². The summed E-state index contributed by atoms with van der Waals surface area (Å²) in [6.07, 6.45) is 0. The predicted octanol–water partition coefficient (Wildman–Crippen LogP) is 1.72. The maximum absolute atomic E-state index is 12.3. The first-order chi connectivity index (χ1) is 10.3. The van der Waals surface area contributed by atoms with Crippen LogP contribution in [0.1, 0.15) is 27.8 Å². The molecule has 1 unspecified atom stereocenters. The van der Waals surface area contributed by atoms with Crippen LogP contribution < -0.4 is 5.32 Å². The zero-order valence-electron chi connectivity index (χ0n) is 11.1. The minimum Gasteiger partial charge on any atom is -0.338 e. The summed E-state index contributed by atoms with van der Waals surface area (Å²) in [6, 6.07) is 18.1. The fourth-order valence-electron chi connectivity index (χ4n) is 2.04. The maximum Gasteiger partial charge on any atom is 0.252 e. The average molecular weight is 279 g/mol. The van der Waals surface area contributed by atoms with Gasteiger partial charge < -0.3 is 5.32 Å². The molecule has 0 spiro atoms. The van der Waals surface area contributed by atoms with E-state index in [1.54, 1.807) is 12.1 Å². The Morgan fingerprint density at radius 3 is 2.29 bits per heavy atom. The summed E-state index contributed by atoms with van der Waals surface area (Å²) in [5.74, 6) is 0.236. The Kier molecular flexibility index (Phi) is 3.68. The van der Waals surface area contributed by atoms with Gasteiger partial charge in [-0.05, 0) is 17.7 Å². The number of hydrogen-bond acceptors (Lipinski definition) is 4. The molecule has 6 nitrogen and oxygen atoms in total. The number of amides is 1. The second-order valence-corrected chi connectivity index (χ2v) is 4.45. The summed E-state index contributed by atoms with van der Waals surface area (Å²) in [4.78, 5) is 12.3. The number of carbonyl (C=O) groups excluding carboxylic acids is 1. The lowest BCUT2D eigenvalue weighted by Crippen LogP contribution is -2.30. The highest BCUT2D eigenvalue weighted by Crippen LogP contribution is 2.18. The number of hydrogen-bond donors (Lipinski definition) is 2. The minimum absolute atomic E-state index is 0.186. The number of aromatic amines is 1. The summed E-state index contributed by atoms with van der Waals surface area (Å²) < 4.78 is 0. The van der Waals surface area contributed by atoms with Crippen molar-refractivity contribution in [1.29, 1.82) is 0 Å². The molecule has 2 N–H and O–H groups in total. The van der Waals surface area contributed by atoms with E-state index in [-0.39, 0.29) is 5.91 Å². The number of tetrazole rings is 1. The first kappa shape index (κ1) is 13.0. The lowest BCUT2D eigenvalue weighted by Gasteiger charge is -2.15. The van der Waals surface area contributed by atoms with Crippen molar-refractivity contribution < 1.29 is 4.79 Å². The lowest BCUT2D eigenvalue weighted by molar-refractivity contribution is 0.0941. The third-order valence-corrected chi connectivity index (χ3v) is 3.06. The van der Waals surface area contributed by atoms with Crippen LogP contribution in [0.3, 0.4) is 0 Å². The van der Waals surface area contributed by atoms with Gasteiger partial charge in [0.15, 0.2) is 0 Å². The number of benzene rings is 2. The number of aromatic nitrogens is 4. The van der Waals surface area contributed by atoms with Gasteiger partial charge >= 0.3 is 0 Å². The van der Waals surface area contributed by atoms with Gasteiger partial charge in [-0.3, -0.25) is 4.79 Å². The highest BCUT2D eigenvalue weighted by Gasteiger charge is 2.21. The zero-order chi connectivity index (χ0) is 14.5. The highest BCUT2D eigenvalue weighted by molar-refractivity contribution is 5.94. The maximum atomic E-state index is 12.3. The first-order valence-corrected chi connectivity index (χ1v) is 6.49. The molecule has 2 aromatic carbocycles. The second kappa shape index (κ2) is 5.96. The number of nitrogens with one attached hydrogen (secondary N) is 2. The smallest absolute Gasteiger partial charge is 0.252 e. The molecule has 104 valence electrons. The van der Waals surface area contributed by atoms with Gasteiger partial charge in [-0.25, -0.2) is 0 Å². The van der Waals surface area contributed by atoms with E-state index in [1.165, 1.54) is 0 Å². The fraction of sp³-hybridized carbons (Fsp3) is 0.0667. The summed E-state index contributed by atoms with van der Waals surface area (Å²) in [5, 5.41) is 16.9. The summed E-state index contributed by atoms with van der Waals surface area (Å²) >= 11 is 0. The molecular formula is C15H13N5O. The highest BCUT2D eigenvalue weighted by atomic mass is 16.1. The molecule has 1 amide bonds.